The number of fused-ring (bicyclic) bond motifs is 2. The highest BCUT2D eigenvalue weighted by Gasteiger charge is 2.61. The Bertz CT molecular complexity index is 482. The van der Waals surface area contributed by atoms with Crippen LogP contribution in [-0.2, 0) is 19.1 Å². The summed E-state index contributed by atoms with van der Waals surface area (Å²) < 4.78 is 10.9. The van der Waals surface area contributed by atoms with Gasteiger partial charge in [-0.2, -0.15) is 0 Å². The average molecular weight is 323 g/mol. The summed E-state index contributed by atoms with van der Waals surface area (Å²) in [6, 6.07) is 0. The molecule has 130 valence electrons. The zero-order valence-corrected chi connectivity index (χ0v) is 14.9. The lowest BCUT2D eigenvalue weighted by atomic mass is 9.69. The number of carbonyl (C=O) groups is 2. The number of nitrogens with zero attached hydrogens (tertiary/aromatic N) is 1. The average Bonchev–Trinajstić information content (AvgIpc) is 2.95. The molecule has 0 aromatic heterocycles. The largest absolute Gasteiger partial charge is 0.463 e. The molecule has 0 heterocycles. The third-order valence-electron chi connectivity index (χ3n) is 5.48. The molecule has 2 aliphatic rings. The van der Waals surface area contributed by atoms with Gasteiger partial charge < -0.3 is 9.47 Å². The first-order chi connectivity index (χ1) is 10.7. The fourth-order valence-electron chi connectivity index (χ4n) is 4.32. The molecule has 0 N–H and O–H groups in total. The number of esters is 2. The summed E-state index contributed by atoms with van der Waals surface area (Å²) in [5, 5.41) is 0. The van der Waals surface area contributed by atoms with Crippen LogP contribution in [0.1, 0.15) is 41.0 Å². The van der Waals surface area contributed by atoms with Crippen molar-refractivity contribution in [3.05, 3.63) is 0 Å². The first kappa shape index (κ1) is 18.0. The smallest absolute Gasteiger partial charge is 0.310 e. The maximum Gasteiger partial charge on any atom is 0.310 e. The van der Waals surface area contributed by atoms with Gasteiger partial charge in [-0.1, -0.05) is 13.8 Å². The van der Waals surface area contributed by atoms with Crippen molar-refractivity contribution in [3.63, 3.8) is 0 Å². The summed E-state index contributed by atoms with van der Waals surface area (Å²) in [5.74, 6) is -0.0365. The van der Waals surface area contributed by atoms with Gasteiger partial charge in [0.15, 0.2) is 0 Å². The number of carbonyl (C=O) groups excluding carboxylic acids is 2. The first-order valence-electron chi connectivity index (χ1n) is 8.49. The molecule has 0 aromatic carbocycles. The lowest BCUT2D eigenvalue weighted by molar-refractivity contribution is -0.173. The standard InChI is InChI=1S/C18H29NO4/c1-10-11(2)13-9-12(10)14(16(20)22-8-7-19-6)15(13)17(21)23-18(3,4)5/h10-15H,6-9H2,1-5H3. The van der Waals surface area contributed by atoms with Crippen molar-refractivity contribution in [2.45, 2.75) is 46.6 Å². The number of aliphatic imine (C=N–C) groups is 1. The van der Waals surface area contributed by atoms with Crippen molar-refractivity contribution in [1.29, 1.82) is 0 Å². The van der Waals surface area contributed by atoms with Crippen LogP contribution in [0.15, 0.2) is 4.99 Å². The third-order valence-corrected chi connectivity index (χ3v) is 5.48. The maximum absolute atomic E-state index is 12.7. The van der Waals surface area contributed by atoms with E-state index in [1.54, 1.807) is 0 Å². The Morgan fingerprint density at radius 2 is 1.61 bits per heavy atom. The van der Waals surface area contributed by atoms with Crippen LogP contribution >= 0.6 is 0 Å². The van der Waals surface area contributed by atoms with Crippen LogP contribution in [0.2, 0.25) is 0 Å². The van der Waals surface area contributed by atoms with Gasteiger partial charge in [-0.05, 0) is 57.6 Å². The molecule has 0 saturated heterocycles. The molecule has 2 aliphatic carbocycles. The Labute approximate surface area is 138 Å². The predicted molar refractivity (Wildman–Crippen MR) is 88.1 cm³/mol. The zero-order chi connectivity index (χ0) is 17.4. The molecule has 6 atom stereocenters. The summed E-state index contributed by atoms with van der Waals surface area (Å²) in [6.07, 6.45) is 0.908. The quantitative estimate of drug-likeness (QED) is 0.443. The fraction of sp³-hybridized carbons (Fsp3) is 0.833. The second kappa shape index (κ2) is 6.62. The summed E-state index contributed by atoms with van der Waals surface area (Å²) in [7, 11) is 0. The van der Waals surface area contributed by atoms with Crippen molar-refractivity contribution >= 4 is 18.7 Å². The maximum atomic E-state index is 12.7. The third kappa shape index (κ3) is 3.59. The second-order valence-electron chi connectivity index (χ2n) is 7.98. The Kier molecular flexibility index (Phi) is 5.17. The number of rotatable bonds is 5. The van der Waals surface area contributed by atoms with E-state index in [0.29, 0.717) is 18.4 Å². The van der Waals surface area contributed by atoms with Gasteiger partial charge in [0.05, 0.1) is 18.4 Å². The lowest BCUT2D eigenvalue weighted by Crippen LogP contribution is -2.44. The first-order valence-corrected chi connectivity index (χ1v) is 8.49. The van der Waals surface area contributed by atoms with Crippen LogP contribution in [0.5, 0.6) is 0 Å². The van der Waals surface area contributed by atoms with Crippen LogP contribution < -0.4 is 0 Å². The van der Waals surface area contributed by atoms with Gasteiger partial charge in [-0.25, -0.2) is 0 Å². The van der Waals surface area contributed by atoms with Gasteiger partial charge in [0, 0.05) is 0 Å². The van der Waals surface area contributed by atoms with E-state index < -0.39 is 5.60 Å². The summed E-state index contributed by atoms with van der Waals surface area (Å²) in [6.45, 7) is 13.9. The summed E-state index contributed by atoms with van der Waals surface area (Å²) in [5.41, 5.74) is -0.547. The zero-order valence-electron chi connectivity index (χ0n) is 14.9. The van der Waals surface area contributed by atoms with E-state index in [1.807, 2.05) is 20.8 Å². The normalized spacial score (nSPS) is 35.9. The molecule has 23 heavy (non-hydrogen) atoms. The molecule has 2 rings (SSSR count). The minimum absolute atomic E-state index is 0.205. The Balaban J connectivity index is 2.17. The van der Waals surface area contributed by atoms with Gasteiger partial charge in [0.2, 0.25) is 0 Å². The van der Waals surface area contributed by atoms with Crippen LogP contribution in [-0.4, -0.2) is 37.4 Å². The summed E-state index contributed by atoms with van der Waals surface area (Å²) in [4.78, 5) is 28.9. The lowest BCUT2D eigenvalue weighted by Gasteiger charge is -2.37. The van der Waals surface area contributed by atoms with Crippen molar-refractivity contribution in [1.82, 2.24) is 0 Å². The molecule has 2 bridgehead atoms. The SMILES string of the molecule is C=NCCOC(=O)C1C2CC(C(C)C2C)C1C(=O)OC(C)(C)C. The van der Waals surface area contributed by atoms with E-state index >= 15 is 0 Å². The summed E-state index contributed by atoms with van der Waals surface area (Å²) >= 11 is 0. The van der Waals surface area contributed by atoms with Crippen LogP contribution in [0.25, 0.3) is 0 Å². The molecule has 5 heteroatoms. The molecular formula is C18H29NO4. The second-order valence-corrected chi connectivity index (χ2v) is 7.98. The fourth-order valence-corrected chi connectivity index (χ4v) is 4.32. The van der Waals surface area contributed by atoms with E-state index in [0.717, 1.165) is 6.42 Å². The molecule has 0 amide bonds. The molecule has 0 aliphatic heterocycles. The molecule has 0 radical (unpaired) electrons. The van der Waals surface area contributed by atoms with E-state index in [9.17, 15) is 9.59 Å². The van der Waals surface area contributed by atoms with Gasteiger partial charge in [0.25, 0.3) is 0 Å². The highest BCUT2D eigenvalue weighted by Crippen LogP contribution is 2.58. The Hall–Kier alpha value is -1.39. The number of hydrogen-bond donors (Lipinski definition) is 0. The van der Waals surface area contributed by atoms with E-state index in [2.05, 4.69) is 25.6 Å². The molecule has 6 unspecified atom stereocenters. The topological polar surface area (TPSA) is 65.0 Å². The number of ether oxygens (including phenoxy) is 2. The van der Waals surface area contributed by atoms with Crippen LogP contribution in [0.4, 0.5) is 0 Å². The minimum atomic E-state index is -0.547. The van der Waals surface area contributed by atoms with E-state index in [4.69, 9.17) is 9.47 Å². The van der Waals surface area contributed by atoms with Gasteiger partial charge in [0.1, 0.15) is 12.2 Å². The highest BCUT2D eigenvalue weighted by atomic mass is 16.6. The van der Waals surface area contributed by atoms with Crippen LogP contribution in [0, 0.1) is 35.5 Å². The molecule has 2 fully saturated rings. The predicted octanol–water partition coefficient (Wildman–Crippen LogP) is 2.73. The van der Waals surface area contributed by atoms with E-state index in [1.165, 1.54) is 0 Å². The monoisotopic (exact) mass is 323 g/mol. The van der Waals surface area contributed by atoms with Gasteiger partial charge >= 0.3 is 11.9 Å². The molecule has 5 nitrogen and oxygen atoms in total. The molecular weight excluding hydrogens is 294 g/mol. The van der Waals surface area contributed by atoms with Crippen LogP contribution in [0.3, 0.4) is 0 Å². The number of hydrogen-bond acceptors (Lipinski definition) is 5. The van der Waals surface area contributed by atoms with Crippen molar-refractivity contribution in [2.24, 2.45) is 40.5 Å². The Morgan fingerprint density at radius 3 is 2.09 bits per heavy atom. The van der Waals surface area contributed by atoms with Gasteiger partial charge in [-0.15, -0.1) is 0 Å². The molecule has 0 aromatic rings. The Morgan fingerprint density at radius 1 is 1.09 bits per heavy atom. The minimum Gasteiger partial charge on any atom is -0.463 e. The van der Waals surface area contributed by atoms with Gasteiger partial charge in [-0.3, -0.25) is 14.6 Å². The van der Waals surface area contributed by atoms with Crippen molar-refractivity contribution in [2.75, 3.05) is 13.2 Å². The molecule has 2 saturated carbocycles. The van der Waals surface area contributed by atoms with Crippen molar-refractivity contribution < 1.29 is 19.1 Å². The van der Waals surface area contributed by atoms with E-state index in [-0.39, 0.29) is 42.2 Å². The highest BCUT2D eigenvalue weighted by molar-refractivity contribution is 5.84. The molecule has 0 spiro atoms. The van der Waals surface area contributed by atoms with Crippen molar-refractivity contribution in [3.8, 4) is 0 Å².